The first kappa shape index (κ1) is 20.5. The van der Waals surface area contributed by atoms with Gasteiger partial charge in [-0.25, -0.2) is 4.79 Å². The average molecular weight is 399 g/mol. The third-order valence-corrected chi connectivity index (χ3v) is 5.28. The van der Waals surface area contributed by atoms with Crippen LogP contribution in [-0.4, -0.2) is 50.8 Å². The number of likely N-dealkylation sites (tertiary alicyclic amines) is 1. The lowest BCUT2D eigenvalue weighted by Gasteiger charge is -2.50. The Balaban J connectivity index is 1.98. The summed E-state index contributed by atoms with van der Waals surface area (Å²) < 4.78 is 21.4. The topological polar surface area (TPSA) is 74.3 Å². The van der Waals surface area contributed by atoms with Crippen molar-refractivity contribution in [3.05, 3.63) is 53.6 Å². The van der Waals surface area contributed by atoms with Crippen molar-refractivity contribution in [2.45, 2.75) is 24.9 Å². The van der Waals surface area contributed by atoms with E-state index in [0.717, 1.165) is 5.56 Å². The second kappa shape index (κ2) is 8.43. The molecule has 7 nitrogen and oxygen atoms in total. The lowest BCUT2D eigenvalue weighted by atomic mass is 9.78. The largest absolute Gasteiger partial charge is 0.493 e. The summed E-state index contributed by atoms with van der Waals surface area (Å²) >= 11 is 0. The summed E-state index contributed by atoms with van der Waals surface area (Å²) in [7, 11) is 5.93. The monoisotopic (exact) mass is 399 g/mol. The number of hydrogen-bond donors (Lipinski definition) is 0. The summed E-state index contributed by atoms with van der Waals surface area (Å²) in [5.41, 5.74) is 0.611. The van der Waals surface area contributed by atoms with Crippen LogP contribution in [0.4, 0.5) is 0 Å². The first-order valence-corrected chi connectivity index (χ1v) is 9.21. The molecule has 3 rings (SSSR count). The standard InChI is InChI=1S/C22H25NO6/c1-26-17-11-10-16(19(27-2)20(17)28-3)14-23-18(24)13-22(23,21(25)29-4)12-15-8-6-5-7-9-15/h5-11H,12-14H2,1-4H3/t22-/m0/s1. The van der Waals surface area contributed by atoms with Crippen LogP contribution in [0.25, 0.3) is 0 Å². The van der Waals surface area contributed by atoms with Crippen molar-refractivity contribution in [2.24, 2.45) is 0 Å². The zero-order chi connectivity index (χ0) is 21.0. The number of methoxy groups -OCH3 is 4. The Morgan fingerprint density at radius 1 is 0.966 bits per heavy atom. The van der Waals surface area contributed by atoms with E-state index in [4.69, 9.17) is 18.9 Å². The normalized spacial score (nSPS) is 18.1. The van der Waals surface area contributed by atoms with E-state index in [2.05, 4.69) is 0 Å². The molecule has 0 bridgehead atoms. The number of β-lactam (4-membered cyclic amide) rings is 1. The number of benzene rings is 2. The predicted octanol–water partition coefficient (Wildman–Crippen LogP) is 2.60. The SMILES string of the molecule is COC(=O)[C@]1(Cc2ccccc2)CC(=O)N1Cc1ccc(OC)c(OC)c1OC. The Morgan fingerprint density at radius 3 is 2.21 bits per heavy atom. The zero-order valence-corrected chi connectivity index (χ0v) is 17.1. The quantitative estimate of drug-likeness (QED) is 0.502. The molecule has 0 N–H and O–H groups in total. The number of amides is 1. The van der Waals surface area contributed by atoms with Gasteiger partial charge in [0.1, 0.15) is 0 Å². The van der Waals surface area contributed by atoms with Gasteiger partial charge in [0, 0.05) is 12.0 Å². The Morgan fingerprint density at radius 2 is 1.66 bits per heavy atom. The van der Waals surface area contributed by atoms with Crippen LogP contribution in [0.15, 0.2) is 42.5 Å². The van der Waals surface area contributed by atoms with E-state index >= 15 is 0 Å². The van der Waals surface area contributed by atoms with Gasteiger partial charge >= 0.3 is 5.97 Å². The van der Waals surface area contributed by atoms with Crippen LogP contribution in [0.5, 0.6) is 17.2 Å². The Kier molecular flexibility index (Phi) is 5.96. The average Bonchev–Trinajstić information content (AvgIpc) is 2.76. The van der Waals surface area contributed by atoms with E-state index in [1.807, 2.05) is 30.3 Å². The third kappa shape index (κ3) is 3.60. The van der Waals surface area contributed by atoms with Crippen molar-refractivity contribution in [3.8, 4) is 17.2 Å². The summed E-state index contributed by atoms with van der Waals surface area (Å²) in [5, 5.41) is 0. The lowest BCUT2D eigenvalue weighted by Crippen LogP contribution is -2.68. The summed E-state index contributed by atoms with van der Waals surface area (Å²) in [4.78, 5) is 26.9. The number of ether oxygens (including phenoxy) is 4. The van der Waals surface area contributed by atoms with Crippen molar-refractivity contribution < 1.29 is 28.5 Å². The minimum Gasteiger partial charge on any atom is -0.493 e. The van der Waals surface area contributed by atoms with Crippen molar-refractivity contribution >= 4 is 11.9 Å². The van der Waals surface area contributed by atoms with Crippen molar-refractivity contribution in [3.63, 3.8) is 0 Å². The highest BCUT2D eigenvalue weighted by molar-refractivity contribution is 5.99. The molecule has 29 heavy (non-hydrogen) atoms. The summed E-state index contributed by atoms with van der Waals surface area (Å²) in [5.74, 6) is 0.868. The summed E-state index contributed by atoms with van der Waals surface area (Å²) in [6.45, 7) is 0.185. The first-order chi connectivity index (χ1) is 14.0. The molecule has 0 aromatic heterocycles. The highest BCUT2D eigenvalue weighted by Gasteiger charge is 2.57. The fourth-order valence-corrected chi connectivity index (χ4v) is 3.82. The van der Waals surface area contributed by atoms with E-state index < -0.39 is 11.5 Å². The molecule has 2 aromatic carbocycles. The molecule has 2 aromatic rings. The Hall–Kier alpha value is -3.22. The van der Waals surface area contributed by atoms with Crippen LogP contribution < -0.4 is 14.2 Å². The number of rotatable bonds is 8. The zero-order valence-electron chi connectivity index (χ0n) is 17.1. The molecule has 0 unspecified atom stereocenters. The second-order valence-corrected chi connectivity index (χ2v) is 6.84. The van der Waals surface area contributed by atoms with E-state index in [1.165, 1.54) is 28.4 Å². The molecule has 1 heterocycles. The minimum atomic E-state index is -1.05. The molecule has 154 valence electrons. The maximum absolute atomic E-state index is 12.8. The van der Waals surface area contributed by atoms with Crippen molar-refractivity contribution in [1.29, 1.82) is 0 Å². The molecule has 0 spiro atoms. The third-order valence-electron chi connectivity index (χ3n) is 5.28. The molecular formula is C22H25NO6. The number of nitrogens with zero attached hydrogens (tertiary/aromatic N) is 1. The molecule has 1 amide bonds. The Labute approximate surface area is 170 Å². The minimum absolute atomic E-state index is 0.101. The lowest BCUT2D eigenvalue weighted by molar-refractivity contribution is -0.179. The molecule has 7 heteroatoms. The first-order valence-electron chi connectivity index (χ1n) is 9.21. The highest BCUT2D eigenvalue weighted by Crippen LogP contribution is 2.43. The van der Waals surface area contributed by atoms with E-state index in [0.29, 0.717) is 29.2 Å². The van der Waals surface area contributed by atoms with Gasteiger partial charge in [0.2, 0.25) is 11.7 Å². The van der Waals surface area contributed by atoms with Gasteiger partial charge in [0.15, 0.2) is 17.0 Å². The number of hydrogen-bond acceptors (Lipinski definition) is 6. The van der Waals surface area contributed by atoms with Gasteiger partial charge in [-0.1, -0.05) is 30.3 Å². The fourth-order valence-electron chi connectivity index (χ4n) is 3.82. The van der Waals surface area contributed by atoms with Crippen LogP contribution in [0.2, 0.25) is 0 Å². The maximum Gasteiger partial charge on any atom is 0.332 e. The molecule has 0 radical (unpaired) electrons. The molecule has 0 aliphatic carbocycles. The Bertz CT molecular complexity index is 898. The van der Waals surface area contributed by atoms with Crippen LogP contribution in [-0.2, 0) is 27.3 Å². The van der Waals surface area contributed by atoms with Crippen LogP contribution in [0, 0.1) is 0 Å². The molecule has 1 atom stereocenters. The van der Waals surface area contributed by atoms with Gasteiger partial charge in [0.25, 0.3) is 0 Å². The van der Waals surface area contributed by atoms with Crippen LogP contribution in [0.3, 0.4) is 0 Å². The molecule has 1 aliphatic rings. The summed E-state index contributed by atoms with van der Waals surface area (Å²) in [6, 6.07) is 13.1. The molecule has 1 aliphatic heterocycles. The van der Waals surface area contributed by atoms with Gasteiger partial charge in [-0.15, -0.1) is 0 Å². The number of carbonyl (C=O) groups excluding carboxylic acids is 2. The number of carbonyl (C=O) groups is 2. The van der Waals surface area contributed by atoms with Gasteiger partial charge in [-0.3, -0.25) is 4.79 Å². The van der Waals surface area contributed by atoms with Gasteiger partial charge < -0.3 is 23.8 Å². The van der Waals surface area contributed by atoms with Gasteiger partial charge in [0.05, 0.1) is 41.4 Å². The van der Waals surface area contributed by atoms with Gasteiger partial charge in [-0.05, 0) is 17.7 Å². The second-order valence-electron chi connectivity index (χ2n) is 6.84. The van der Waals surface area contributed by atoms with E-state index in [-0.39, 0.29) is 18.9 Å². The fraction of sp³-hybridized carbons (Fsp3) is 0.364. The van der Waals surface area contributed by atoms with Gasteiger partial charge in [-0.2, -0.15) is 0 Å². The van der Waals surface area contributed by atoms with Crippen LogP contribution in [0.1, 0.15) is 17.5 Å². The predicted molar refractivity (Wildman–Crippen MR) is 106 cm³/mol. The smallest absolute Gasteiger partial charge is 0.332 e. The maximum atomic E-state index is 12.8. The highest BCUT2D eigenvalue weighted by atomic mass is 16.5. The molecule has 1 fully saturated rings. The van der Waals surface area contributed by atoms with E-state index in [9.17, 15) is 9.59 Å². The van der Waals surface area contributed by atoms with E-state index in [1.54, 1.807) is 17.0 Å². The number of esters is 1. The molecule has 1 saturated heterocycles. The summed E-state index contributed by atoms with van der Waals surface area (Å²) in [6.07, 6.45) is 0.478. The van der Waals surface area contributed by atoms with Crippen LogP contribution >= 0.6 is 0 Å². The molecular weight excluding hydrogens is 374 g/mol. The van der Waals surface area contributed by atoms with Crippen molar-refractivity contribution in [2.75, 3.05) is 28.4 Å². The van der Waals surface area contributed by atoms with Crippen molar-refractivity contribution in [1.82, 2.24) is 4.90 Å². The molecule has 0 saturated carbocycles.